The lowest BCUT2D eigenvalue weighted by Gasteiger charge is -2.20. The van der Waals surface area contributed by atoms with Gasteiger partial charge < -0.3 is 15.4 Å². The Morgan fingerprint density at radius 2 is 2.47 bits per heavy atom. The number of nitrogens with two attached hydrogens (primary N) is 1. The quantitative estimate of drug-likeness (QED) is 0.903. The van der Waals surface area contributed by atoms with Crippen LogP contribution in [0.4, 0.5) is 0 Å². The van der Waals surface area contributed by atoms with Crippen LogP contribution in [0, 0.1) is 0 Å². The first-order chi connectivity index (χ1) is 8.70. The highest BCUT2D eigenvalue weighted by molar-refractivity contribution is 5.85. The first-order valence-electron chi connectivity index (χ1n) is 6.31. The number of carbonyl (C=O) groups excluding carboxylic acids is 1. The first-order valence-corrected chi connectivity index (χ1v) is 6.31. The molecule has 1 saturated heterocycles. The average molecular weight is 286 g/mol. The zero-order valence-electron chi connectivity index (χ0n) is 11.0. The Bertz CT molecular complexity index is 402. The highest BCUT2D eigenvalue weighted by atomic mass is 35.5. The lowest BCUT2D eigenvalue weighted by molar-refractivity contribution is -0.131. The van der Waals surface area contributed by atoms with Crippen molar-refractivity contribution < 1.29 is 9.53 Å². The summed E-state index contributed by atoms with van der Waals surface area (Å²) in [6.45, 7) is 3.25. The maximum Gasteiger partial charge on any atom is 0.239 e. The van der Waals surface area contributed by atoms with Crippen molar-refractivity contribution >= 4 is 18.3 Å². The Kier molecular flexibility index (Phi) is 6.05. The van der Waals surface area contributed by atoms with Gasteiger partial charge in [0.25, 0.3) is 0 Å². The number of aromatic nitrogens is 1. The maximum atomic E-state index is 11.9. The number of hydrogen-bond acceptors (Lipinski definition) is 4. The summed E-state index contributed by atoms with van der Waals surface area (Å²) in [5.41, 5.74) is 5.75. The molecule has 1 aliphatic heterocycles. The van der Waals surface area contributed by atoms with Gasteiger partial charge in [-0.05, 0) is 18.6 Å². The summed E-state index contributed by atoms with van der Waals surface area (Å²) in [6.07, 6.45) is 4.95. The minimum Gasteiger partial charge on any atom is -0.487 e. The molecule has 0 bridgehead atoms. The molecule has 0 aliphatic carbocycles. The van der Waals surface area contributed by atoms with Crippen LogP contribution in [-0.2, 0) is 4.79 Å². The van der Waals surface area contributed by atoms with Crippen LogP contribution in [0.2, 0.25) is 0 Å². The van der Waals surface area contributed by atoms with E-state index >= 15 is 0 Å². The van der Waals surface area contributed by atoms with Crippen LogP contribution < -0.4 is 10.5 Å². The number of halogens is 1. The fourth-order valence-corrected chi connectivity index (χ4v) is 2.04. The summed E-state index contributed by atoms with van der Waals surface area (Å²) in [5, 5.41) is 0. The third-order valence-corrected chi connectivity index (χ3v) is 3.15. The predicted octanol–water partition coefficient (Wildman–Crippen LogP) is 1.22. The Morgan fingerprint density at radius 3 is 3.11 bits per heavy atom. The molecule has 19 heavy (non-hydrogen) atoms. The molecule has 1 aromatic heterocycles. The Morgan fingerprint density at radius 1 is 1.68 bits per heavy atom. The van der Waals surface area contributed by atoms with E-state index in [1.54, 1.807) is 17.3 Å². The minimum absolute atomic E-state index is 0. The van der Waals surface area contributed by atoms with Crippen LogP contribution in [0.15, 0.2) is 24.5 Å². The van der Waals surface area contributed by atoms with E-state index in [-0.39, 0.29) is 30.5 Å². The van der Waals surface area contributed by atoms with Gasteiger partial charge in [0, 0.05) is 19.2 Å². The Balaban J connectivity index is 0.00000180. The van der Waals surface area contributed by atoms with E-state index < -0.39 is 0 Å². The van der Waals surface area contributed by atoms with Gasteiger partial charge in [0.1, 0.15) is 11.9 Å². The number of hydrogen-bond donors (Lipinski definition) is 1. The summed E-state index contributed by atoms with van der Waals surface area (Å²) in [6, 6.07) is 3.32. The van der Waals surface area contributed by atoms with Crippen molar-refractivity contribution in [1.29, 1.82) is 0 Å². The molecule has 0 radical (unpaired) electrons. The second-order valence-corrected chi connectivity index (χ2v) is 4.52. The first kappa shape index (κ1) is 15.7. The molecule has 2 rings (SSSR count). The lowest BCUT2D eigenvalue weighted by Crippen LogP contribution is -2.42. The van der Waals surface area contributed by atoms with Crippen LogP contribution in [0.3, 0.4) is 0 Å². The van der Waals surface area contributed by atoms with E-state index in [1.165, 1.54) is 0 Å². The standard InChI is InChI=1S/C13H19N3O2.ClH/c1-2-12(14)13(17)16-7-5-11(9-16)18-10-4-3-6-15-8-10;/h3-4,6,8,11-12H,2,5,7,9,14H2,1H3;1H. The van der Waals surface area contributed by atoms with Crippen molar-refractivity contribution in [3.05, 3.63) is 24.5 Å². The van der Waals surface area contributed by atoms with Crippen molar-refractivity contribution in [2.75, 3.05) is 13.1 Å². The van der Waals surface area contributed by atoms with E-state index in [1.807, 2.05) is 19.1 Å². The van der Waals surface area contributed by atoms with Gasteiger partial charge >= 0.3 is 0 Å². The van der Waals surface area contributed by atoms with Crippen LogP contribution in [0.5, 0.6) is 5.75 Å². The smallest absolute Gasteiger partial charge is 0.239 e. The van der Waals surface area contributed by atoms with Crippen molar-refractivity contribution in [3.8, 4) is 5.75 Å². The molecule has 1 amide bonds. The van der Waals surface area contributed by atoms with Gasteiger partial charge in [-0.2, -0.15) is 0 Å². The monoisotopic (exact) mass is 285 g/mol. The highest BCUT2D eigenvalue weighted by Crippen LogP contribution is 2.17. The largest absolute Gasteiger partial charge is 0.487 e. The van der Waals surface area contributed by atoms with Crippen molar-refractivity contribution in [1.82, 2.24) is 9.88 Å². The van der Waals surface area contributed by atoms with E-state index in [0.29, 0.717) is 13.0 Å². The Labute approximate surface area is 119 Å². The molecule has 0 aromatic carbocycles. The zero-order chi connectivity index (χ0) is 13.0. The van der Waals surface area contributed by atoms with E-state index in [2.05, 4.69) is 4.98 Å². The summed E-state index contributed by atoms with van der Waals surface area (Å²) < 4.78 is 5.77. The molecular formula is C13H20ClN3O2. The lowest BCUT2D eigenvalue weighted by atomic mass is 10.2. The van der Waals surface area contributed by atoms with Crippen molar-refractivity contribution in [2.45, 2.75) is 31.9 Å². The summed E-state index contributed by atoms with van der Waals surface area (Å²) in [4.78, 5) is 17.7. The molecule has 5 nitrogen and oxygen atoms in total. The van der Waals surface area contributed by atoms with Gasteiger partial charge in [-0.3, -0.25) is 9.78 Å². The third-order valence-electron chi connectivity index (χ3n) is 3.15. The molecule has 0 spiro atoms. The average Bonchev–Trinajstić information content (AvgIpc) is 2.86. The van der Waals surface area contributed by atoms with Crippen LogP contribution in [0.25, 0.3) is 0 Å². The minimum atomic E-state index is -0.387. The maximum absolute atomic E-state index is 11.9. The van der Waals surface area contributed by atoms with Gasteiger partial charge in [-0.25, -0.2) is 0 Å². The number of rotatable bonds is 4. The van der Waals surface area contributed by atoms with E-state index in [0.717, 1.165) is 18.7 Å². The highest BCUT2D eigenvalue weighted by Gasteiger charge is 2.29. The van der Waals surface area contributed by atoms with Crippen LogP contribution >= 0.6 is 12.4 Å². The zero-order valence-corrected chi connectivity index (χ0v) is 11.8. The number of ether oxygens (including phenoxy) is 1. The molecule has 2 heterocycles. The molecular weight excluding hydrogens is 266 g/mol. The summed E-state index contributed by atoms with van der Waals surface area (Å²) >= 11 is 0. The predicted molar refractivity (Wildman–Crippen MR) is 75.4 cm³/mol. The number of pyridine rings is 1. The van der Waals surface area contributed by atoms with Crippen LogP contribution in [0.1, 0.15) is 19.8 Å². The second-order valence-electron chi connectivity index (χ2n) is 4.52. The summed E-state index contributed by atoms with van der Waals surface area (Å²) in [7, 11) is 0. The molecule has 2 atom stereocenters. The SMILES string of the molecule is CCC(N)C(=O)N1CCC(Oc2cccnc2)C1.Cl. The third kappa shape index (κ3) is 4.08. The van der Waals surface area contributed by atoms with Gasteiger partial charge in [0.15, 0.2) is 0 Å². The van der Waals surface area contributed by atoms with Gasteiger partial charge in [0.05, 0.1) is 18.8 Å². The topological polar surface area (TPSA) is 68.5 Å². The van der Waals surface area contributed by atoms with E-state index in [4.69, 9.17) is 10.5 Å². The van der Waals surface area contributed by atoms with Crippen molar-refractivity contribution in [2.24, 2.45) is 5.73 Å². The number of carbonyl (C=O) groups is 1. The molecule has 2 unspecified atom stereocenters. The molecule has 6 heteroatoms. The van der Waals surface area contributed by atoms with Gasteiger partial charge in [0.2, 0.25) is 5.91 Å². The molecule has 1 aliphatic rings. The van der Waals surface area contributed by atoms with E-state index in [9.17, 15) is 4.79 Å². The van der Waals surface area contributed by atoms with Crippen LogP contribution in [-0.4, -0.2) is 41.0 Å². The summed E-state index contributed by atoms with van der Waals surface area (Å²) in [5.74, 6) is 0.770. The molecule has 1 aromatic rings. The molecule has 106 valence electrons. The molecule has 1 fully saturated rings. The number of nitrogens with zero attached hydrogens (tertiary/aromatic N) is 2. The van der Waals surface area contributed by atoms with Gasteiger partial charge in [-0.15, -0.1) is 12.4 Å². The fourth-order valence-electron chi connectivity index (χ4n) is 2.04. The Hall–Kier alpha value is -1.33. The molecule has 0 saturated carbocycles. The van der Waals surface area contributed by atoms with Crippen molar-refractivity contribution in [3.63, 3.8) is 0 Å². The molecule has 2 N–H and O–H groups in total. The van der Waals surface area contributed by atoms with Gasteiger partial charge in [-0.1, -0.05) is 6.92 Å². The second kappa shape index (κ2) is 7.31. The normalized spacial score (nSPS) is 19.7. The fraction of sp³-hybridized carbons (Fsp3) is 0.538. The number of likely N-dealkylation sites (tertiary alicyclic amines) is 1. The number of amides is 1.